The van der Waals surface area contributed by atoms with Gasteiger partial charge in [-0.15, -0.1) is 0 Å². The summed E-state index contributed by atoms with van der Waals surface area (Å²) in [6, 6.07) is 6.78. The second-order valence-corrected chi connectivity index (χ2v) is 8.52. The number of aromatic hydroxyl groups is 1. The van der Waals surface area contributed by atoms with E-state index in [1.54, 1.807) is 31.2 Å². The van der Waals surface area contributed by atoms with Crippen molar-refractivity contribution >= 4 is 23.4 Å². The van der Waals surface area contributed by atoms with Crippen LogP contribution in [0.4, 0.5) is 0 Å². The number of hydrogen-bond acceptors (Lipinski definition) is 5. The van der Waals surface area contributed by atoms with Crippen LogP contribution in [-0.4, -0.2) is 40.4 Å². The molecule has 1 aromatic carbocycles. The topological polar surface area (TPSA) is 91.8 Å². The highest BCUT2D eigenvalue weighted by atomic mass is 16.3. The maximum absolute atomic E-state index is 13.0. The fraction of sp³-hybridized carbons (Fsp3) is 0.333. The van der Waals surface area contributed by atoms with Crippen molar-refractivity contribution in [1.29, 1.82) is 0 Å². The zero-order valence-corrected chi connectivity index (χ0v) is 16.7. The molecule has 4 unspecified atom stereocenters. The van der Waals surface area contributed by atoms with E-state index in [2.05, 4.69) is 0 Å². The molecule has 2 amide bonds. The number of amides is 2. The third kappa shape index (κ3) is 2.36. The highest BCUT2D eigenvalue weighted by molar-refractivity contribution is 6.23. The molecule has 0 bridgehead atoms. The predicted molar refractivity (Wildman–Crippen MR) is 107 cm³/mol. The number of phenolic OH excluding ortho intramolecular Hbond substituents is 1. The lowest BCUT2D eigenvalue weighted by molar-refractivity contribution is -0.138. The number of para-hydroxylation sites is 1. The Morgan fingerprint density at radius 1 is 1.03 bits per heavy atom. The molecule has 1 heterocycles. The Balaban J connectivity index is 1.73. The Labute approximate surface area is 173 Å². The van der Waals surface area contributed by atoms with Gasteiger partial charge in [-0.2, -0.15) is 0 Å². The SMILES string of the molecule is CC1=CC(=O)C2=C(CC3C(=CCC4C(=O)N(C)C(=O)C43)C2c2ccccc2O)C1=O. The molecule has 4 aliphatic rings. The van der Waals surface area contributed by atoms with Gasteiger partial charge in [0, 0.05) is 35.2 Å². The van der Waals surface area contributed by atoms with Crippen molar-refractivity contribution in [1.82, 2.24) is 4.90 Å². The van der Waals surface area contributed by atoms with Gasteiger partial charge in [-0.3, -0.25) is 24.1 Å². The fourth-order valence-electron chi connectivity index (χ4n) is 5.63. The molecular formula is C24H21NO5. The molecule has 0 aromatic heterocycles. The molecule has 6 nitrogen and oxygen atoms in total. The van der Waals surface area contributed by atoms with E-state index >= 15 is 0 Å². The van der Waals surface area contributed by atoms with Gasteiger partial charge in [0.25, 0.3) is 0 Å². The van der Waals surface area contributed by atoms with Crippen LogP contribution in [0.15, 0.2) is 58.7 Å². The average Bonchev–Trinajstić information content (AvgIpc) is 2.95. The number of hydrogen-bond donors (Lipinski definition) is 1. The first kappa shape index (κ1) is 18.7. The second kappa shape index (κ2) is 6.36. The van der Waals surface area contributed by atoms with Gasteiger partial charge in [-0.1, -0.05) is 29.8 Å². The average molecular weight is 403 g/mol. The van der Waals surface area contributed by atoms with Crippen molar-refractivity contribution in [2.45, 2.75) is 25.7 Å². The molecule has 1 aliphatic heterocycles. The minimum absolute atomic E-state index is 0.0375. The third-order valence-corrected chi connectivity index (χ3v) is 7.03. The molecule has 3 aliphatic carbocycles. The zero-order valence-electron chi connectivity index (χ0n) is 16.7. The van der Waals surface area contributed by atoms with Crippen LogP contribution in [0.3, 0.4) is 0 Å². The number of Topliss-reactive ketones (excluding diaryl/α,β-unsaturated/α-hetero) is 1. The molecule has 1 fully saturated rings. The van der Waals surface area contributed by atoms with Crippen molar-refractivity contribution in [3.05, 3.63) is 64.3 Å². The number of allylic oxidation sites excluding steroid dienone is 6. The maximum atomic E-state index is 13.0. The smallest absolute Gasteiger partial charge is 0.233 e. The van der Waals surface area contributed by atoms with Crippen molar-refractivity contribution in [3.63, 3.8) is 0 Å². The Bertz CT molecular complexity index is 1140. The summed E-state index contributed by atoms with van der Waals surface area (Å²) in [6.07, 6.45) is 3.98. The van der Waals surface area contributed by atoms with Gasteiger partial charge >= 0.3 is 0 Å². The summed E-state index contributed by atoms with van der Waals surface area (Å²) in [5.41, 5.74) is 2.56. The standard InChI is InChI=1S/C24H21NO5/c1-11-9-18(27)21-16(22(11)28)10-15-12(19(21)13-5-3-4-6-17(13)26)7-8-14-20(15)24(30)25(2)23(14)29/h3-7,9,14-15,19-20,26H,8,10H2,1-2H3. The van der Waals surface area contributed by atoms with Crippen molar-refractivity contribution < 1.29 is 24.3 Å². The highest BCUT2D eigenvalue weighted by Gasteiger charge is 2.55. The minimum atomic E-state index is -0.601. The number of ketones is 2. The van der Waals surface area contributed by atoms with E-state index in [9.17, 15) is 24.3 Å². The molecule has 0 saturated carbocycles. The molecule has 1 N–H and O–H groups in total. The van der Waals surface area contributed by atoms with Crippen LogP contribution in [0.25, 0.3) is 0 Å². The van der Waals surface area contributed by atoms with Gasteiger partial charge < -0.3 is 5.11 Å². The molecule has 0 radical (unpaired) electrons. The summed E-state index contributed by atoms with van der Waals surface area (Å²) in [6.45, 7) is 1.62. The van der Waals surface area contributed by atoms with Gasteiger partial charge in [0.2, 0.25) is 11.8 Å². The van der Waals surface area contributed by atoms with Crippen LogP contribution in [-0.2, 0) is 19.2 Å². The number of phenols is 1. The normalized spacial score (nSPS) is 30.7. The molecule has 1 saturated heterocycles. The van der Waals surface area contributed by atoms with E-state index < -0.39 is 17.8 Å². The number of carbonyl (C=O) groups is 4. The molecule has 6 heteroatoms. The first-order chi connectivity index (χ1) is 14.3. The van der Waals surface area contributed by atoms with Crippen molar-refractivity contribution in [2.24, 2.45) is 17.8 Å². The lowest BCUT2D eigenvalue weighted by Gasteiger charge is -2.42. The van der Waals surface area contributed by atoms with Crippen LogP contribution in [0, 0.1) is 17.8 Å². The van der Waals surface area contributed by atoms with E-state index in [1.807, 2.05) is 6.08 Å². The summed E-state index contributed by atoms with van der Waals surface area (Å²) in [5.74, 6) is -2.75. The van der Waals surface area contributed by atoms with Gasteiger partial charge in [-0.25, -0.2) is 0 Å². The van der Waals surface area contributed by atoms with E-state index in [4.69, 9.17) is 0 Å². The number of imide groups is 1. The van der Waals surface area contributed by atoms with Crippen molar-refractivity contribution in [2.75, 3.05) is 7.05 Å². The number of rotatable bonds is 1. The van der Waals surface area contributed by atoms with Gasteiger partial charge in [0.15, 0.2) is 11.6 Å². The quantitative estimate of drug-likeness (QED) is 0.442. The predicted octanol–water partition coefficient (Wildman–Crippen LogP) is 2.45. The maximum Gasteiger partial charge on any atom is 0.233 e. The summed E-state index contributed by atoms with van der Waals surface area (Å²) in [4.78, 5) is 52.7. The lowest BCUT2D eigenvalue weighted by atomic mass is 9.59. The number of nitrogens with zero attached hydrogens (tertiary/aromatic N) is 1. The van der Waals surface area contributed by atoms with Crippen molar-refractivity contribution in [3.8, 4) is 5.75 Å². The summed E-state index contributed by atoms with van der Waals surface area (Å²) >= 11 is 0. The second-order valence-electron chi connectivity index (χ2n) is 8.52. The lowest BCUT2D eigenvalue weighted by Crippen LogP contribution is -2.39. The Kier molecular flexibility index (Phi) is 3.97. The van der Waals surface area contributed by atoms with E-state index in [0.29, 0.717) is 28.7 Å². The number of likely N-dealkylation sites (tertiary alicyclic amines) is 1. The number of benzene rings is 1. The first-order valence-corrected chi connectivity index (χ1v) is 10.1. The summed E-state index contributed by atoms with van der Waals surface area (Å²) in [7, 11) is 1.50. The van der Waals surface area contributed by atoms with Crippen LogP contribution in [0.2, 0.25) is 0 Å². The number of fused-ring (bicyclic) bond motifs is 3. The van der Waals surface area contributed by atoms with E-state index in [-0.39, 0.29) is 41.5 Å². The van der Waals surface area contributed by atoms with E-state index in [1.165, 1.54) is 18.0 Å². The molecule has 5 rings (SSSR count). The van der Waals surface area contributed by atoms with Gasteiger partial charge in [0.05, 0.1) is 11.8 Å². The zero-order chi connectivity index (χ0) is 21.3. The summed E-state index contributed by atoms with van der Waals surface area (Å²) < 4.78 is 0. The Morgan fingerprint density at radius 2 is 1.77 bits per heavy atom. The molecule has 1 aromatic rings. The Hall–Kier alpha value is -3.28. The monoisotopic (exact) mass is 403 g/mol. The Morgan fingerprint density at radius 3 is 2.50 bits per heavy atom. The first-order valence-electron chi connectivity index (χ1n) is 10.1. The third-order valence-electron chi connectivity index (χ3n) is 7.03. The molecule has 30 heavy (non-hydrogen) atoms. The largest absolute Gasteiger partial charge is 0.508 e. The van der Waals surface area contributed by atoms with Crippen LogP contribution >= 0.6 is 0 Å². The van der Waals surface area contributed by atoms with E-state index in [0.717, 1.165) is 5.57 Å². The molecular weight excluding hydrogens is 382 g/mol. The van der Waals surface area contributed by atoms with Crippen LogP contribution in [0.1, 0.15) is 31.2 Å². The molecule has 0 spiro atoms. The number of carbonyl (C=O) groups excluding carboxylic acids is 4. The highest BCUT2D eigenvalue weighted by Crippen LogP contribution is 2.55. The molecule has 152 valence electrons. The van der Waals surface area contributed by atoms with Gasteiger partial charge in [-0.05, 0) is 37.8 Å². The van der Waals surface area contributed by atoms with Crippen LogP contribution < -0.4 is 0 Å². The minimum Gasteiger partial charge on any atom is -0.508 e. The van der Waals surface area contributed by atoms with Gasteiger partial charge in [0.1, 0.15) is 5.75 Å². The summed E-state index contributed by atoms with van der Waals surface area (Å²) in [5, 5.41) is 10.6. The van der Waals surface area contributed by atoms with Crippen LogP contribution in [0.5, 0.6) is 5.75 Å². The fourth-order valence-corrected chi connectivity index (χ4v) is 5.63. The molecule has 4 atom stereocenters.